The lowest BCUT2D eigenvalue weighted by Crippen LogP contribution is -2.51. The lowest BCUT2D eigenvalue weighted by Gasteiger charge is -2.39. The fourth-order valence-electron chi connectivity index (χ4n) is 3.18. The largest absolute Gasteiger partial charge is 0.335 e. The van der Waals surface area contributed by atoms with Crippen LogP contribution >= 0.6 is 0 Å². The fourth-order valence-corrected chi connectivity index (χ4v) is 3.18. The van der Waals surface area contributed by atoms with Crippen LogP contribution in [0.3, 0.4) is 0 Å². The van der Waals surface area contributed by atoms with Gasteiger partial charge in [-0.05, 0) is 44.9 Å². The van der Waals surface area contributed by atoms with Crippen LogP contribution in [0.5, 0.6) is 0 Å². The molecule has 2 heterocycles. The number of para-hydroxylation sites is 1. The summed E-state index contributed by atoms with van der Waals surface area (Å²) >= 11 is 0. The van der Waals surface area contributed by atoms with Gasteiger partial charge in [-0.1, -0.05) is 19.1 Å². The van der Waals surface area contributed by atoms with Crippen molar-refractivity contribution < 1.29 is 0 Å². The minimum atomic E-state index is 0.436. The molecular formula is C16H23N5. The molecular weight excluding hydrogens is 262 g/mol. The first kappa shape index (κ1) is 14.2. The Morgan fingerprint density at radius 3 is 2.86 bits per heavy atom. The number of nitrogens with zero attached hydrogens (tertiary/aromatic N) is 4. The van der Waals surface area contributed by atoms with Gasteiger partial charge in [-0.15, -0.1) is 10.2 Å². The SMILES string of the molecule is CCNC(C)C1CCCCN1c1nnc2ccccc2n1. The van der Waals surface area contributed by atoms with Crippen molar-refractivity contribution in [2.75, 3.05) is 18.0 Å². The molecule has 0 saturated carbocycles. The van der Waals surface area contributed by atoms with Crippen molar-refractivity contribution in [1.29, 1.82) is 0 Å². The monoisotopic (exact) mass is 285 g/mol. The van der Waals surface area contributed by atoms with Crippen molar-refractivity contribution in [3.8, 4) is 0 Å². The van der Waals surface area contributed by atoms with Gasteiger partial charge in [0.15, 0.2) is 0 Å². The number of likely N-dealkylation sites (N-methyl/N-ethyl adjacent to an activating group) is 1. The first-order valence-corrected chi connectivity index (χ1v) is 7.89. The Morgan fingerprint density at radius 2 is 2.05 bits per heavy atom. The highest BCUT2D eigenvalue weighted by Crippen LogP contribution is 2.24. The fraction of sp³-hybridized carbons (Fsp3) is 0.562. The number of hydrogen-bond acceptors (Lipinski definition) is 5. The third kappa shape index (κ3) is 2.97. The molecule has 5 heteroatoms. The number of piperidine rings is 1. The van der Waals surface area contributed by atoms with Crippen LogP contribution in [0.25, 0.3) is 11.0 Å². The average Bonchev–Trinajstić information content (AvgIpc) is 2.54. The molecule has 5 nitrogen and oxygen atoms in total. The standard InChI is InChI=1S/C16H23N5/c1-3-17-12(2)15-10-6-7-11-21(15)16-18-13-8-4-5-9-14(13)19-20-16/h4-5,8-9,12,15,17H,3,6-7,10-11H2,1-2H3. The summed E-state index contributed by atoms with van der Waals surface area (Å²) in [6, 6.07) is 8.80. The number of benzene rings is 1. The molecule has 1 aliphatic rings. The molecule has 2 atom stereocenters. The molecule has 0 amide bonds. The van der Waals surface area contributed by atoms with Crippen molar-refractivity contribution in [2.24, 2.45) is 0 Å². The maximum Gasteiger partial charge on any atom is 0.246 e. The highest BCUT2D eigenvalue weighted by molar-refractivity contribution is 5.74. The summed E-state index contributed by atoms with van der Waals surface area (Å²) in [5, 5.41) is 12.2. The van der Waals surface area contributed by atoms with E-state index in [1.165, 1.54) is 19.3 Å². The Bertz CT molecular complexity index is 600. The lowest BCUT2D eigenvalue weighted by molar-refractivity contribution is 0.367. The molecule has 1 aliphatic heterocycles. The second-order valence-electron chi connectivity index (χ2n) is 5.70. The van der Waals surface area contributed by atoms with Gasteiger partial charge < -0.3 is 10.2 Å². The molecule has 1 aromatic heterocycles. The van der Waals surface area contributed by atoms with Crippen molar-refractivity contribution in [3.63, 3.8) is 0 Å². The zero-order valence-electron chi connectivity index (χ0n) is 12.8. The highest BCUT2D eigenvalue weighted by Gasteiger charge is 2.29. The summed E-state index contributed by atoms with van der Waals surface area (Å²) in [5.74, 6) is 0.767. The number of fused-ring (bicyclic) bond motifs is 1. The first-order chi connectivity index (χ1) is 10.3. The molecule has 21 heavy (non-hydrogen) atoms. The molecule has 0 bridgehead atoms. The van der Waals surface area contributed by atoms with Crippen LogP contribution in [0.4, 0.5) is 5.95 Å². The highest BCUT2D eigenvalue weighted by atomic mass is 15.3. The predicted octanol–water partition coefficient (Wildman–Crippen LogP) is 2.38. The van der Waals surface area contributed by atoms with E-state index in [-0.39, 0.29) is 0 Å². The molecule has 1 fully saturated rings. The summed E-state index contributed by atoms with van der Waals surface area (Å²) in [7, 11) is 0. The van der Waals surface area contributed by atoms with Crippen molar-refractivity contribution in [1.82, 2.24) is 20.5 Å². The van der Waals surface area contributed by atoms with Crippen LogP contribution in [0.2, 0.25) is 0 Å². The van der Waals surface area contributed by atoms with Crippen LogP contribution in [0, 0.1) is 0 Å². The third-order valence-electron chi connectivity index (χ3n) is 4.26. The molecule has 1 N–H and O–H groups in total. The van der Waals surface area contributed by atoms with Gasteiger partial charge in [-0.3, -0.25) is 0 Å². The van der Waals surface area contributed by atoms with Crippen LogP contribution < -0.4 is 10.2 Å². The smallest absolute Gasteiger partial charge is 0.246 e. The second kappa shape index (κ2) is 6.35. The van der Waals surface area contributed by atoms with Gasteiger partial charge in [0.1, 0.15) is 5.52 Å². The van der Waals surface area contributed by atoms with E-state index in [2.05, 4.69) is 34.3 Å². The summed E-state index contributed by atoms with van der Waals surface area (Å²) in [4.78, 5) is 7.05. The zero-order valence-corrected chi connectivity index (χ0v) is 12.8. The molecule has 1 saturated heterocycles. The van der Waals surface area contributed by atoms with E-state index in [4.69, 9.17) is 4.98 Å². The summed E-state index contributed by atoms with van der Waals surface area (Å²) < 4.78 is 0. The van der Waals surface area contributed by atoms with Gasteiger partial charge in [0.2, 0.25) is 5.95 Å². The van der Waals surface area contributed by atoms with Crippen LogP contribution in [-0.2, 0) is 0 Å². The summed E-state index contributed by atoms with van der Waals surface area (Å²) in [6.45, 7) is 6.40. The molecule has 0 aliphatic carbocycles. The van der Waals surface area contributed by atoms with Gasteiger partial charge in [-0.2, -0.15) is 0 Å². The van der Waals surface area contributed by atoms with Crippen LogP contribution in [-0.4, -0.2) is 40.4 Å². The minimum Gasteiger partial charge on any atom is -0.335 e. The van der Waals surface area contributed by atoms with Gasteiger partial charge in [0.25, 0.3) is 0 Å². The Hall–Kier alpha value is -1.75. The lowest BCUT2D eigenvalue weighted by atomic mass is 9.97. The van der Waals surface area contributed by atoms with E-state index in [1.54, 1.807) is 0 Å². The molecule has 0 spiro atoms. The molecule has 2 aromatic rings. The van der Waals surface area contributed by atoms with Crippen LogP contribution in [0.15, 0.2) is 24.3 Å². The summed E-state index contributed by atoms with van der Waals surface area (Å²) in [5.41, 5.74) is 1.78. The van der Waals surface area contributed by atoms with Crippen molar-refractivity contribution >= 4 is 17.0 Å². The Kier molecular flexibility index (Phi) is 4.29. The maximum atomic E-state index is 4.72. The van der Waals surface area contributed by atoms with Crippen LogP contribution in [0.1, 0.15) is 33.1 Å². The molecule has 1 aromatic carbocycles. The van der Waals surface area contributed by atoms with E-state index in [9.17, 15) is 0 Å². The molecule has 3 rings (SSSR count). The zero-order chi connectivity index (χ0) is 14.7. The second-order valence-corrected chi connectivity index (χ2v) is 5.70. The van der Waals surface area contributed by atoms with Gasteiger partial charge in [-0.25, -0.2) is 4.98 Å². The van der Waals surface area contributed by atoms with E-state index >= 15 is 0 Å². The van der Waals surface area contributed by atoms with E-state index in [0.717, 1.165) is 30.1 Å². The number of rotatable bonds is 4. The van der Waals surface area contributed by atoms with Gasteiger partial charge in [0.05, 0.1) is 5.52 Å². The van der Waals surface area contributed by atoms with Gasteiger partial charge in [0, 0.05) is 18.6 Å². The topological polar surface area (TPSA) is 53.9 Å². The molecule has 0 radical (unpaired) electrons. The van der Waals surface area contributed by atoms with E-state index in [0.29, 0.717) is 12.1 Å². The average molecular weight is 285 g/mol. The van der Waals surface area contributed by atoms with E-state index < -0.39 is 0 Å². The Morgan fingerprint density at radius 1 is 1.24 bits per heavy atom. The van der Waals surface area contributed by atoms with Gasteiger partial charge >= 0.3 is 0 Å². The number of aromatic nitrogens is 3. The normalized spacial score (nSPS) is 20.7. The third-order valence-corrected chi connectivity index (χ3v) is 4.26. The van der Waals surface area contributed by atoms with Crippen molar-refractivity contribution in [3.05, 3.63) is 24.3 Å². The molecule has 2 unspecified atom stereocenters. The quantitative estimate of drug-likeness (QED) is 0.934. The summed E-state index contributed by atoms with van der Waals surface area (Å²) in [6.07, 6.45) is 3.66. The number of nitrogens with one attached hydrogen (secondary N) is 1. The number of hydrogen-bond donors (Lipinski definition) is 1. The number of anilines is 1. The predicted molar refractivity (Wildman–Crippen MR) is 85.5 cm³/mol. The minimum absolute atomic E-state index is 0.436. The first-order valence-electron chi connectivity index (χ1n) is 7.89. The Labute approximate surface area is 125 Å². The molecule has 112 valence electrons. The maximum absolute atomic E-state index is 4.72. The Balaban J connectivity index is 1.90. The van der Waals surface area contributed by atoms with E-state index in [1.807, 2.05) is 24.3 Å². The van der Waals surface area contributed by atoms with Crippen molar-refractivity contribution in [2.45, 2.75) is 45.2 Å².